The average molecular weight is 319 g/mol. The summed E-state index contributed by atoms with van der Waals surface area (Å²) in [7, 11) is -2.01. The summed E-state index contributed by atoms with van der Waals surface area (Å²) >= 11 is 1.23. The van der Waals surface area contributed by atoms with E-state index in [0.29, 0.717) is 9.18 Å². The van der Waals surface area contributed by atoms with Crippen molar-refractivity contribution >= 4 is 39.9 Å². The largest absolute Gasteiger partial charge is 0.292 e. The molecule has 1 aliphatic heterocycles. The lowest BCUT2D eigenvalue weighted by atomic mass is 10.1. The molecule has 0 N–H and O–H groups in total. The number of thiophene rings is 1. The number of carbonyl (C=O) groups is 3. The highest BCUT2D eigenvalue weighted by Crippen LogP contribution is 2.24. The molecule has 1 unspecified atom stereocenters. The minimum absolute atomic E-state index is 0.222. The summed E-state index contributed by atoms with van der Waals surface area (Å²) in [5.41, 5.74) is 0.443. The van der Waals surface area contributed by atoms with Gasteiger partial charge in [-0.1, -0.05) is 18.2 Å². The van der Waals surface area contributed by atoms with Crippen LogP contribution in [0.5, 0.6) is 0 Å². The van der Waals surface area contributed by atoms with E-state index in [1.165, 1.54) is 23.5 Å². The fraction of sp³-hybridized carbons (Fsp3) is 0.0714. The van der Waals surface area contributed by atoms with Gasteiger partial charge in [-0.25, -0.2) is 4.21 Å². The molecule has 2 heterocycles. The summed E-state index contributed by atoms with van der Waals surface area (Å²) in [6.07, 6.45) is 0. The molecule has 0 saturated heterocycles. The zero-order valence-electron chi connectivity index (χ0n) is 10.6. The number of amides is 2. The van der Waals surface area contributed by atoms with E-state index in [1.807, 2.05) is 0 Å². The first-order valence-electron chi connectivity index (χ1n) is 6.02. The number of carbonyl (C=O) groups excluding carboxylic acids is 3. The number of Topliss-reactive ketones (excluding diaryl/α,β-unsaturated/α-hetero) is 1. The lowest BCUT2D eigenvalue weighted by Crippen LogP contribution is -2.35. The fourth-order valence-electron chi connectivity index (χ4n) is 2.04. The number of imide groups is 1. The summed E-state index contributed by atoms with van der Waals surface area (Å²) in [6.45, 7) is 0. The Bertz CT molecular complexity index is 732. The van der Waals surface area contributed by atoms with E-state index in [4.69, 9.17) is 0 Å². The molecule has 106 valence electrons. The van der Waals surface area contributed by atoms with Gasteiger partial charge < -0.3 is 0 Å². The molecule has 0 saturated carbocycles. The maximum atomic E-state index is 12.2. The van der Waals surface area contributed by atoms with E-state index in [2.05, 4.69) is 0 Å². The van der Waals surface area contributed by atoms with Crippen molar-refractivity contribution in [1.29, 1.82) is 0 Å². The molecule has 7 heteroatoms. The molecular weight excluding hydrogens is 310 g/mol. The number of hydrogen-bond donors (Lipinski definition) is 0. The van der Waals surface area contributed by atoms with Crippen molar-refractivity contribution in [1.82, 2.24) is 4.31 Å². The van der Waals surface area contributed by atoms with Crippen LogP contribution in [0, 0.1) is 0 Å². The van der Waals surface area contributed by atoms with Gasteiger partial charge in [0.1, 0.15) is 16.7 Å². The quantitative estimate of drug-likeness (QED) is 0.637. The lowest BCUT2D eigenvalue weighted by molar-refractivity contribution is 0.0771. The van der Waals surface area contributed by atoms with E-state index < -0.39 is 22.8 Å². The highest BCUT2D eigenvalue weighted by atomic mass is 32.2. The molecule has 1 atom stereocenters. The van der Waals surface area contributed by atoms with Crippen LogP contribution in [-0.4, -0.2) is 31.9 Å². The van der Waals surface area contributed by atoms with Crippen molar-refractivity contribution in [3.05, 3.63) is 57.8 Å². The molecule has 0 fully saturated rings. The van der Waals surface area contributed by atoms with Crippen LogP contribution in [0.1, 0.15) is 30.4 Å². The normalized spacial score (nSPS) is 15.1. The maximum absolute atomic E-state index is 12.2. The van der Waals surface area contributed by atoms with Gasteiger partial charge in [0.15, 0.2) is 5.78 Å². The average Bonchev–Trinajstić information content (AvgIpc) is 3.08. The SMILES string of the molecule is O=C(CS(=O)N1C(=O)c2ccccc2C1=O)c1cccs1. The Morgan fingerprint density at radius 1 is 1.05 bits per heavy atom. The second-order valence-electron chi connectivity index (χ2n) is 4.32. The van der Waals surface area contributed by atoms with E-state index in [9.17, 15) is 18.6 Å². The van der Waals surface area contributed by atoms with Crippen LogP contribution in [0.2, 0.25) is 0 Å². The number of benzene rings is 1. The number of rotatable bonds is 4. The Hall–Kier alpha value is -2.12. The minimum Gasteiger partial charge on any atom is -0.292 e. The van der Waals surface area contributed by atoms with E-state index in [0.717, 1.165) is 0 Å². The van der Waals surface area contributed by atoms with Gasteiger partial charge in [0.25, 0.3) is 11.8 Å². The van der Waals surface area contributed by atoms with Crippen molar-refractivity contribution in [2.45, 2.75) is 0 Å². The first kappa shape index (κ1) is 13.8. The number of ketones is 1. The second-order valence-corrected chi connectivity index (χ2v) is 6.56. The van der Waals surface area contributed by atoms with Gasteiger partial charge in [-0.15, -0.1) is 11.3 Å². The van der Waals surface area contributed by atoms with Crippen LogP contribution >= 0.6 is 11.3 Å². The van der Waals surface area contributed by atoms with Crippen LogP contribution in [-0.2, 0) is 11.0 Å². The highest BCUT2D eigenvalue weighted by Gasteiger charge is 2.39. The number of fused-ring (bicyclic) bond motifs is 1. The van der Waals surface area contributed by atoms with Crippen molar-refractivity contribution in [3.8, 4) is 0 Å². The molecule has 5 nitrogen and oxygen atoms in total. The summed E-state index contributed by atoms with van der Waals surface area (Å²) in [6, 6.07) is 9.61. The minimum atomic E-state index is -2.01. The lowest BCUT2D eigenvalue weighted by Gasteiger charge is -2.11. The molecule has 1 aromatic heterocycles. The summed E-state index contributed by atoms with van der Waals surface area (Å²) in [5.74, 6) is -1.97. The smallest absolute Gasteiger partial charge is 0.273 e. The summed E-state index contributed by atoms with van der Waals surface area (Å²) < 4.78 is 12.9. The third-order valence-electron chi connectivity index (χ3n) is 3.01. The molecule has 3 rings (SSSR count). The van der Waals surface area contributed by atoms with Crippen LogP contribution in [0.4, 0.5) is 0 Å². The predicted molar refractivity (Wildman–Crippen MR) is 78.6 cm³/mol. The van der Waals surface area contributed by atoms with Crippen molar-refractivity contribution in [2.75, 3.05) is 5.75 Å². The van der Waals surface area contributed by atoms with Gasteiger partial charge >= 0.3 is 0 Å². The molecule has 0 spiro atoms. The van der Waals surface area contributed by atoms with Crippen molar-refractivity contribution in [2.24, 2.45) is 0 Å². The molecule has 2 amide bonds. The van der Waals surface area contributed by atoms with E-state index in [1.54, 1.807) is 29.6 Å². The molecule has 21 heavy (non-hydrogen) atoms. The van der Waals surface area contributed by atoms with Crippen LogP contribution in [0.15, 0.2) is 41.8 Å². The predicted octanol–water partition coefficient (Wildman–Crippen LogP) is 1.89. The van der Waals surface area contributed by atoms with Crippen LogP contribution in [0.25, 0.3) is 0 Å². The second kappa shape index (κ2) is 5.34. The molecule has 1 aliphatic rings. The van der Waals surface area contributed by atoms with Gasteiger partial charge in [0.05, 0.1) is 16.0 Å². The first-order valence-corrected chi connectivity index (χ1v) is 8.18. The molecule has 2 aromatic rings. The Balaban J connectivity index is 1.82. The van der Waals surface area contributed by atoms with Crippen molar-refractivity contribution < 1.29 is 18.6 Å². The molecular formula is C14H9NO4S2. The van der Waals surface area contributed by atoms with Gasteiger partial charge in [-0.3, -0.25) is 14.4 Å². The van der Waals surface area contributed by atoms with E-state index in [-0.39, 0.29) is 22.7 Å². The van der Waals surface area contributed by atoms with Crippen LogP contribution in [0.3, 0.4) is 0 Å². The Morgan fingerprint density at radius 3 is 2.19 bits per heavy atom. The molecule has 0 aliphatic carbocycles. The fourth-order valence-corrected chi connectivity index (χ4v) is 3.87. The number of nitrogens with zero attached hydrogens (tertiary/aromatic N) is 1. The molecule has 0 bridgehead atoms. The summed E-state index contributed by atoms with van der Waals surface area (Å²) in [5, 5.41) is 1.73. The summed E-state index contributed by atoms with van der Waals surface area (Å²) in [4.78, 5) is 36.6. The van der Waals surface area contributed by atoms with E-state index >= 15 is 0 Å². The van der Waals surface area contributed by atoms with Crippen LogP contribution < -0.4 is 0 Å². The molecule has 0 radical (unpaired) electrons. The third-order valence-corrected chi connectivity index (χ3v) is 5.17. The van der Waals surface area contributed by atoms with Crippen molar-refractivity contribution in [3.63, 3.8) is 0 Å². The Morgan fingerprint density at radius 2 is 1.67 bits per heavy atom. The standard InChI is InChI=1S/C14H9NO4S2/c16-11(12-6-3-7-20-12)8-21(19)15-13(17)9-4-1-2-5-10(9)14(15)18/h1-7H,8H2. The van der Waals surface area contributed by atoms with Gasteiger partial charge in [0, 0.05) is 0 Å². The maximum Gasteiger partial charge on any atom is 0.273 e. The van der Waals surface area contributed by atoms with Gasteiger partial charge in [-0.2, -0.15) is 4.31 Å². The third kappa shape index (κ3) is 2.34. The van der Waals surface area contributed by atoms with Gasteiger partial charge in [-0.05, 0) is 23.6 Å². The molecule has 1 aromatic carbocycles. The Kier molecular flexibility index (Phi) is 3.52. The zero-order valence-corrected chi connectivity index (χ0v) is 12.3. The monoisotopic (exact) mass is 319 g/mol. The topological polar surface area (TPSA) is 71.5 Å². The first-order chi connectivity index (χ1) is 10.1. The Labute approximate surface area is 126 Å². The van der Waals surface area contributed by atoms with Gasteiger partial charge in [0.2, 0.25) is 0 Å². The highest BCUT2D eigenvalue weighted by molar-refractivity contribution is 7.84. The number of hydrogen-bond acceptors (Lipinski definition) is 5. The zero-order chi connectivity index (χ0) is 15.0.